The van der Waals surface area contributed by atoms with Crippen molar-refractivity contribution in [1.29, 1.82) is 0 Å². The van der Waals surface area contributed by atoms with Crippen molar-refractivity contribution in [1.82, 2.24) is 0 Å². The molecule has 4 rings (SSSR count). The number of ketones is 1. The van der Waals surface area contributed by atoms with Crippen molar-refractivity contribution in [2.45, 2.75) is 91.3 Å². The summed E-state index contributed by atoms with van der Waals surface area (Å²) in [6.45, 7) is 10.7. The molecular formula is C23H38O3. The Balaban J connectivity index is 1.62. The highest BCUT2D eigenvalue weighted by Crippen LogP contribution is 2.68. The van der Waals surface area contributed by atoms with Crippen LogP contribution in [0, 0.1) is 34.5 Å². The van der Waals surface area contributed by atoms with Gasteiger partial charge >= 0.3 is 0 Å². The molecular weight excluding hydrogens is 324 g/mol. The minimum absolute atomic E-state index is 0.147. The number of fused-ring (bicyclic) bond motifs is 5. The summed E-state index contributed by atoms with van der Waals surface area (Å²) in [5, 5.41) is 0. The average Bonchev–Trinajstić information content (AvgIpc) is 2.89. The second kappa shape index (κ2) is 6.58. The standard InChI is InChI=1S/C23H38O3/c1-5-25-23(26-6-2)14-11-20-18-8-7-16-15-17(24)9-12-21(16,3)19(18)10-13-22(20,23)4/h16,18-20H,5-15H2,1-4H3/t16-,18+,19-,20-,21-,22-/m0/s1. The largest absolute Gasteiger partial charge is 0.350 e. The Bertz CT molecular complexity index is 552. The average molecular weight is 363 g/mol. The zero-order chi connectivity index (χ0) is 18.6. The SMILES string of the molecule is CCOC1(OCC)CC[C@H]2[C@@H]3CC[C@H]4CC(=O)CC[C@]4(C)[C@H]3CC[C@@]21C. The van der Waals surface area contributed by atoms with E-state index in [0.717, 1.165) is 56.7 Å². The van der Waals surface area contributed by atoms with Gasteiger partial charge in [0.15, 0.2) is 5.79 Å². The number of carbonyl (C=O) groups is 1. The van der Waals surface area contributed by atoms with Gasteiger partial charge in [0, 0.05) is 37.9 Å². The molecule has 0 N–H and O–H groups in total. The van der Waals surface area contributed by atoms with Gasteiger partial charge in [0.2, 0.25) is 0 Å². The van der Waals surface area contributed by atoms with E-state index in [9.17, 15) is 4.79 Å². The Morgan fingerprint density at radius 2 is 1.62 bits per heavy atom. The van der Waals surface area contributed by atoms with Gasteiger partial charge in [0.25, 0.3) is 0 Å². The Morgan fingerprint density at radius 1 is 0.923 bits per heavy atom. The summed E-state index contributed by atoms with van der Waals surface area (Å²) in [5.74, 6) is 3.09. The molecule has 3 nitrogen and oxygen atoms in total. The van der Waals surface area contributed by atoms with Crippen LogP contribution in [0.3, 0.4) is 0 Å². The van der Waals surface area contributed by atoms with Crippen molar-refractivity contribution >= 4 is 5.78 Å². The van der Waals surface area contributed by atoms with Crippen LogP contribution in [0.1, 0.15) is 85.5 Å². The Kier molecular flexibility index (Phi) is 4.79. The van der Waals surface area contributed by atoms with Crippen molar-refractivity contribution in [2.24, 2.45) is 34.5 Å². The lowest BCUT2D eigenvalue weighted by molar-refractivity contribution is -0.299. The molecule has 0 aromatic heterocycles. The van der Waals surface area contributed by atoms with Gasteiger partial charge in [-0.15, -0.1) is 0 Å². The van der Waals surface area contributed by atoms with Crippen LogP contribution in [-0.4, -0.2) is 24.8 Å². The molecule has 6 atom stereocenters. The van der Waals surface area contributed by atoms with E-state index in [1.807, 2.05) is 0 Å². The summed E-state index contributed by atoms with van der Waals surface area (Å²) in [5.41, 5.74) is 0.536. The summed E-state index contributed by atoms with van der Waals surface area (Å²) in [6.07, 6.45) is 10.2. The Hall–Kier alpha value is -0.410. The molecule has 0 saturated heterocycles. The lowest BCUT2D eigenvalue weighted by Crippen LogP contribution is -2.58. The topological polar surface area (TPSA) is 35.5 Å². The molecule has 0 amide bonds. The van der Waals surface area contributed by atoms with E-state index >= 15 is 0 Å². The van der Waals surface area contributed by atoms with E-state index in [4.69, 9.17) is 9.47 Å². The molecule has 148 valence electrons. The summed E-state index contributed by atoms with van der Waals surface area (Å²) in [4.78, 5) is 12.0. The summed E-state index contributed by atoms with van der Waals surface area (Å²) >= 11 is 0. The first-order valence-corrected chi connectivity index (χ1v) is 11.2. The molecule has 4 fully saturated rings. The molecule has 0 aromatic rings. The molecule has 3 heteroatoms. The minimum atomic E-state index is -0.369. The van der Waals surface area contributed by atoms with Crippen LogP contribution in [0.25, 0.3) is 0 Å². The molecule has 4 aliphatic carbocycles. The fraction of sp³-hybridized carbons (Fsp3) is 0.957. The third-order valence-corrected chi connectivity index (χ3v) is 9.28. The molecule has 0 radical (unpaired) electrons. The van der Waals surface area contributed by atoms with Crippen LogP contribution in [0.15, 0.2) is 0 Å². The zero-order valence-electron chi connectivity index (χ0n) is 17.3. The van der Waals surface area contributed by atoms with E-state index in [0.29, 0.717) is 17.1 Å². The van der Waals surface area contributed by atoms with Gasteiger partial charge in [0.1, 0.15) is 5.78 Å². The number of Topliss-reactive ketones (excluding diaryl/α,β-unsaturated/α-hetero) is 1. The van der Waals surface area contributed by atoms with Gasteiger partial charge in [-0.05, 0) is 81.5 Å². The van der Waals surface area contributed by atoms with Gasteiger partial charge in [0.05, 0.1) is 0 Å². The summed E-state index contributed by atoms with van der Waals surface area (Å²) in [6, 6.07) is 0. The molecule has 0 aliphatic heterocycles. The predicted molar refractivity (Wildman–Crippen MR) is 103 cm³/mol. The monoisotopic (exact) mass is 362 g/mol. The van der Waals surface area contributed by atoms with Crippen molar-refractivity contribution in [3.63, 3.8) is 0 Å². The van der Waals surface area contributed by atoms with E-state index in [-0.39, 0.29) is 11.2 Å². The third-order valence-electron chi connectivity index (χ3n) is 9.28. The van der Waals surface area contributed by atoms with E-state index in [2.05, 4.69) is 27.7 Å². The molecule has 0 aromatic carbocycles. The molecule has 0 heterocycles. The van der Waals surface area contributed by atoms with Crippen LogP contribution < -0.4 is 0 Å². The van der Waals surface area contributed by atoms with Gasteiger partial charge < -0.3 is 9.47 Å². The number of hydrogen-bond acceptors (Lipinski definition) is 3. The molecule has 4 aliphatic rings. The van der Waals surface area contributed by atoms with Gasteiger partial charge in [-0.1, -0.05) is 13.8 Å². The normalized spacial score (nSPS) is 47.2. The van der Waals surface area contributed by atoms with E-state index in [1.54, 1.807) is 0 Å². The van der Waals surface area contributed by atoms with Crippen molar-refractivity contribution in [3.05, 3.63) is 0 Å². The number of carbonyl (C=O) groups excluding carboxylic acids is 1. The second-order valence-corrected chi connectivity index (χ2v) is 10.0. The fourth-order valence-electron chi connectivity index (χ4n) is 7.98. The number of ether oxygens (including phenoxy) is 2. The van der Waals surface area contributed by atoms with Crippen molar-refractivity contribution < 1.29 is 14.3 Å². The summed E-state index contributed by atoms with van der Waals surface area (Å²) in [7, 11) is 0. The van der Waals surface area contributed by atoms with Gasteiger partial charge in [-0.25, -0.2) is 0 Å². The van der Waals surface area contributed by atoms with E-state index < -0.39 is 0 Å². The van der Waals surface area contributed by atoms with Gasteiger partial charge in [-0.3, -0.25) is 4.79 Å². The quantitative estimate of drug-likeness (QED) is 0.631. The molecule has 26 heavy (non-hydrogen) atoms. The van der Waals surface area contributed by atoms with Crippen molar-refractivity contribution in [3.8, 4) is 0 Å². The molecule has 0 spiro atoms. The first kappa shape index (κ1) is 18.9. The zero-order valence-corrected chi connectivity index (χ0v) is 17.3. The Labute approximate surface area is 159 Å². The van der Waals surface area contributed by atoms with Gasteiger partial charge in [-0.2, -0.15) is 0 Å². The highest BCUT2D eigenvalue weighted by molar-refractivity contribution is 5.79. The fourth-order valence-corrected chi connectivity index (χ4v) is 7.98. The number of hydrogen-bond donors (Lipinski definition) is 0. The highest BCUT2D eigenvalue weighted by atomic mass is 16.7. The maximum atomic E-state index is 12.0. The second-order valence-electron chi connectivity index (χ2n) is 10.0. The molecule has 0 unspecified atom stereocenters. The Morgan fingerprint density at radius 3 is 2.31 bits per heavy atom. The minimum Gasteiger partial charge on any atom is -0.350 e. The maximum absolute atomic E-state index is 12.0. The van der Waals surface area contributed by atoms with Crippen LogP contribution in [0.4, 0.5) is 0 Å². The maximum Gasteiger partial charge on any atom is 0.173 e. The number of rotatable bonds is 4. The highest BCUT2D eigenvalue weighted by Gasteiger charge is 2.66. The van der Waals surface area contributed by atoms with Crippen LogP contribution in [0.5, 0.6) is 0 Å². The first-order valence-electron chi connectivity index (χ1n) is 11.2. The third kappa shape index (κ3) is 2.49. The van der Waals surface area contributed by atoms with Crippen LogP contribution in [0.2, 0.25) is 0 Å². The predicted octanol–water partition coefficient (Wildman–Crippen LogP) is 5.37. The molecule has 4 saturated carbocycles. The van der Waals surface area contributed by atoms with Crippen molar-refractivity contribution in [2.75, 3.05) is 13.2 Å². The van der Waals surface area contributed by atoms with Crippen LogP contribution >= 0.6 is 0 Å². The lowest BCUT2D eigenvalue weighted by Gasteiger charge is -2.61. The summed E-state index contributed by atoms with van der Waals surface area (Å²) < 4.78 is 12.7. The first-order chi connectivity index (χ1) is 12.4. The lowest BCUT2D eigenvalue weighted by atomic mass is 9.45. The van der Waals surface area contributed by atoms with E-state index in [1.165, 1.54) is 32.1 Å². The molecule has 0 bridgehead atoms. The smallest absolute Gasteiger partial charge is 0.173 e. The van der Waals surface area contributed by atoms with Crippen LogP contribution in [-0.2, 0) is 14.3 Å².